The number of amides is 3. The van der Waals surface area contributed by atoms with Crippen LogP contribution in [0.15, 0.2) is 47.4 Å². The van der Waals surface area contributed by atoms with E-state index in [2.05, 4.69) is 45.5 Å². The molecule has 2 aromatic carbocycles. The van der Waals surface area contributed by atoms with Gasteiger partial charge in [-0.05, 0) is 35.2 Å². The summed E-state index contributed by atoms with van der Waals surface area (Å²) in [7, 11) is 0. The van der Waals surface area contributed by atoms with Crippen molar-refractivity contribution in [1.29, 1.82) is 0 Å². The van der Waals surface area contributed by atoms with Gasteiger partial charge in [-0.15, -0.1) is 11.8 Å². The molecule has 7 nitrogen and oxygen atoms in total. The summed E-state index contributed by atoms with van der Waals surface area (Å²) >= 11 is 4.99. The van der Waals surface area contributed by atoms with E-state index in [1.54, 1.807) is 22.7 Å². The summed E-state index contributed by atoms with van der Waals surface area (Å²) < 4.78 is 11.4. The Balaban J connectivity index is 1.25. The molecule has 0 aliphatic carbocycles. The molecule has 1 unspecified atom stereocenters. The Bertz CT molecular complexity index is 1050. The van der Waals surface area contributed by atoms with Gasteiger partial charge in [-0.3, -0.25) is 19.7 Å². The maximum atomic E-state index is 12.9. The van der Waals surface area contributed by atoms with Crippen molar-refractivity contribution in [3.05, 3.63) is 64.7 Å². The molecule has 1 saturated heterocycles. The third-order valence-electron chi connectivity index (χ3n) is 5.81. The van der Waals surface area contributed by atoms with Crippen LogP contribution in [0.25, 0.3) is 0 Å². The Morgan fingerprint density at radius 2 is 1.71 bits per heavy atom. The summed E-state index contributed by atoms with van der Waals surface area (Å²) in [6.45, 7) is 2.80. The van der Waals surface area contributed by atoms with Crippen molar-refractivity contribution in [2.75, 3.05) is 24.3 Å². The van der Waals surface area contributed by atoms with Gasteiger partial charge in [0, 0.05) is 34.5 Å². The molecule has 4 rings (SSSR count). The zero-order valence-corrected chi connectivity index (χ0v) is 21.2. The molecule has 0 radical (unpaired) electrons. The molecule has 0 saturated carbocycles. The van der Waals surface area contributed by atoms with Gasteiger partial charge in [0.2, 0.25) is 11.8 Å². The fraction of sp³-hybridized carbons (Fsp3) is 0.400. The molecule has 0 spiro atoms. The first-order chi connectivity index (χ1) is 16.6. The van der Waals surface area contributed by atoms with E-state index in [1.807, 2.05) is 12.1 Å². The minimum atomic E-state index is -0.596. The van der Waals surface area contributed by atoms with Crippen LogP contribution >= 0.6 is 27.7 Å². The lowest BCUT2D eigenvalue weighted by Gasteiger charge is -2.29. The van der Waals surface area contributed by atoms with Crippen LogP contribution in [0.4, 0.5) is 0 Å². The topological polar surface area (TPSA) is 84.9 Å². The number of benzene rings is 2. The number of nitrogens with one attached hydrogen (secondary N) is 1. The van der Waals surface area contributed by atoms with Crippen LogP contribution in [-0.2, 0) is 38.8 Å². The highest BCUT2D eigenvalue weighted by atomic mass is 79.9. The number of rotatable bonds is 11. The molecule has 2 aliphatic rings. The number of thioether (sulfide) groups is 1. The van der Waals surface area contributed by atoms with Crippen LogP contribution in [-0.4, -0.2) is 53.0 Å². The molecule has 2 aliphatic heterocycles. The number of fused-ring (bicyclic) bond motifs is 1. The molecular weight excluding hydrogens is 520 g/mol. The minimum Gasteiger partial charge on any atom is -0.376 e. The first-order valence-corrected chi connectivity index (χ1v) is 13.4. The van der Waals surface area contributed by atoms with E-state index in [0.717, 1.165) is 32.7 Å². The number of piperidine rings is 1. The first kappa shape index (κ1) is 24.9. The van der Waals surface area contributed by atoms with Gasteiger partial charge in [0.05, 0.1) is 26.4 Å². The average molecular weight is 547 g/mol. The first-order valence-electron chi connectivity index (χ1n) is 11.3. The molecule has 0 aromatic heterocycles. The Hall–Kier alpha value is -2.20. The number of carbonyl (C=O) groups excluding carboxylic acids is 3. The van der Waals surface area contributed by atoms with E-state index >= 15 is 0 Å². The molecule has 1 atom stereocenters. The second kappa shape index (κ2) is 12.0. The molecule has 2 heterocycles. The molecule has 1 fully saturated rings. The largest absolute Gasteiger partial charge is 0.376 e. The molecule has 0 bridgehead atoms. The molecule has 3 amide bonds. The fourth-order valence-corrected chi connectivity index (χ4v) is 5.24. The summed E-state index contributed by atoms with van der Waals surface area (Å²) in [4.78, 5) is 39.2. The summed E-state index contributed by atoms with van der Waals surface area (Å²) in [5, 5.41) is 3.17. The van der Waals surface area contributed by atoms with E-state index in [-0.39, 0.29) is 24.1 Å². The molecule has 1 N–H and O–H groups in total. The zero-order valence-electron chi connectivity index (χ0n) is 18.8. The molecular formula is C25H27BrN2O5S. The van der Waals surface area contributed by atoms with Crippen LogP contribution in [0.3, 0.4) is 0 Å². The summed E-state index contributed by atoms with van der Waals surface area (Å²) in [5.41, 5.74) is 3.83. The average Bonchev–Trinajstić information content (AvgIpc) is 3.17. The molecule has 2 aromatic rings. The van der Waals surface area contributed by atoms with Gasteiger partial charge < -0.3 is 14.4 Å². The number of ether oxygens (including phenoxy) is 2. The zero-order chi connectivity index (χ0) is 23.9. The Morgan fingerprint density at radius 1 is 1.00 bits per heavy atom. The van der Waals surface area contributed by atoms with Crippen LogP contribution in [0, 0.1) is 0 Å². The highest BCUT2D eigenvalue weighted by Gasteiger charge is 2.39. The fourth-order valence-electron chi connectivity index (χ4n) is 4.07. The van der Waals surface area contributed by atoms with Gasteiger partial charge in [0.15, 0.2) is 0 Å². The van der Waals surface area contributed by atoms with Crippen molar-refractivity contribution in [3.8, 4) is 0 Å². The second-order valence-electron chi connectivity index (χ2n) is 8.14. The lowest BCUT2D eigenvalue weighted by atomic mass is 10.0. The van der Waals surface area contributed by atoms with Crippen molar-refractivity contribution in [3.63, 3.8) is 0 Å². The van der Waals surface area contributed by atoms with Crippen molar-refractivity contribution < 1.29 is 23.9 Å². The second-order valence-corrected chi connectivity index (χ2v) is 10.1. The lowest BCUT2D eigenvalue weighted by Crippen LogP contribution is -2.52. The Kier molecular flexibility index (Phi) is 8.77. The summed E-state index contributed by atoms with van der Waals surface area (Å²) in [6, 6.07) is 13.3. The number of alkyl halides is 1. The highest BCUT2D eigenvalue weighted by Crippen LogP contribution is 2.34. The smallest absolute Gasteiger partial charge is 0.255 e. The number of hydrogen-bond acceptors (Lipinski definition) is 6. The molecule has 34 heavy (non-hydrogen) atoms. The van der Waals surface area contributed by atoms with Gasteiger partial charge in [0.1, 0.15) is 6.04 Å². The number of nitrogens with zero attached hydrogens (tertiary/aromatic N) is 1. The highest BCUT2D eigenvalue weighted by molar-refractivity contribution is 9.09. The predicted octanol–water partition coefficient (Wildman–Crippen LogP) is 3.67. The molecule has 180 valence electrons. The maximum absolute atomic E-state index is 12.9. The lowest BCUT2D eigenvalue weighted by molar-refractivity contribution is -0.136. The van der Waals surface area contributed by atoms with Crippen LogP contribution in [0.2, 0.25) is 0 Å². The van der Waals surface area contributed by atoms with E-state index in [4.69, 9.17) is 9.47 Å². The van der Waals surface area contributed by atoms with E-state index in [9.17, 15) is 14.4 Å². The summed E-state index contributed by atoms with van der Waals surface area (Å²) in [6.07, 6.45) is 0.620. The SMILES string of the molecule is O=C1CCC(N2Cc3c(SCCOCc4ccc(COCCBr)cc4)cccc3C2=O)C(=O)N1. The Labute approximate surface area is 211 Å². The standard InChI is InChI=1S/C25H27BrN2O5S/c26-10-11-32-15-17-4-6-18(7-5-17)16-33-12-13-34-22-3-1-2-19-20(22)14-28(25(19)31)21-8-9-23(29)27-24(21)30/h1-7,21H,8-16H2,(H,27,29,30). The van der Waals surface area contributed by atoms with Crippen molar-refractivity contribution in [2.45, 2.75) is 43.5 Å². The van der Waals surface area contributed by atoms with E-state index in [0.29, 0.717) is 45.0 Å². The normalized spacial score (nSPS) is 17.7. The van der Waals surface area contributed by atoms with Crippen LogP contribution in [0.1, 0.15) is 39.9 Å². The van der Waals surface area contributed by atoms with Crippen molar-refractivity contribution in [2.24, 2.45) is 0 Å². The van der Waals surface area contributed by atoms with E-state index in [1.165, 1.54) is 0 Å². The number of imide groups is 1. The molecule has 9 heteroatoms. The number of halogens is 1. The predicted molar refractivity (Wildman–Crippen MR) is 133 cm³/mol. The number of carbonyl (C=O) groups is 3. The minimum absolute atomic E-state index is 0.149. The quantitative estimate of drug-likeness (QED) is 0.200. The Morgan fingerprint density at radius 3 is 2.38 bits per heavy atom. The van der Waals surface area contributed by atoms with Crippen molar-refractivity contribution >= 4 is 45.4 Å². The van der Waals surface area contributed by atoms with Crippen LogP contribution < -0.4 is 5.32 Å². The summed E-state index contributed by atoms with van der Waals surface area (Å²) in [5.74, 6) is -0.0673. The monoisotopic (exact) mass is 546 g/mol. The van der Waals surface area contributed by atoms with E-state index < -0.39 is 6.04 Å². The third kappa shape index (κ3) is 6.07. The van der Waals surface area contributed by atoms with Gasteiger partial charge in [-0.2, -0.15) is 0 Å². The third-order valence-corrected chi connectivity index (χ3v) is 7.19. The van der Waals surface area contributed by atoms with Gasteiger partial charge in [0.25, 0.3) is 5.91 Å². The van der Waals surface area contributed by atoms with Gasteiger partial charge in [-0.25, -0.2) is 0 Å². The maximum Gasteiger partial charge on any atom is 0.255 e. The van der Waals surface area contributed by atoms with Gasteiger partial charge in [-0.1, -0.05) is 46.3 Å². The van der Waals surface area contributed by atoms with Crippen LogP contribution in [0.5, 0.6) is 0 Å². The van der Waals surface area contributed by atoms with Crippen molar-refractivity contribution in [1.82, 2.24) is 10.2 Å². The van der Waals surface area contributed by atoms with Gasteiger partial charge >= 0.3 is 0 Å². The number of hydrogen-bond donors (Lipinski definition) is 1.